The van der Waals surface area contributed by atoms with Crippen molar-refractivity contribution in [2.45, 2.75) is 164 Å². The summed E-state index contributed by atoms with van der Waals surface area (Å²) in [7, 11) is 0. The molecule has 0 unspecified atom stereocenters. The number of rotatable bonds is 4. The molecule has 0 spiro atoms. The van der Waals surface area contributed by atoms with Gasteiger partial charge in [0.1, 0.15) is 0 Å². The molecule has 0 aliphatic rings. The first kappa shape index (κ1) is 43.0. The fourth-order valence-electron chi connectivity index (χ4n) is 5.99. The normalized spacial score (nSPS) is 13.8. The molecule has 0 radical (unpaired) electrons. The molecule has 0 bridgehead atoms. The molecule has 4 heteroatoms. The van der Waals surface area contributed by atoms with Crippen molar-refractivity contribution in [3.63, 3.8) is 0 Å². The molecule has 3 aromatic carbocycles. The van der Waals surface area contributed by atoms with Crippen LogP contribution < -0.4 is 34.7 Å². The fourth-order valence-corrected chi connectivity index (χ4v) is 5.99. The van der Waals surface area contributed by atoms with E-state index in [1.165, 1.54) is 33.4 Å². The third kappa shape index (κ3) is 10.4. The number of hydrogen-bond acceptors (Lipinski definition) is 3. The standard InChI is InChI=1S/C45H66N2O.Na/c1-28-20-29(26-46-37-33(42(8,9)10)22-31(40(2,3)4)23-34(37)43(11,12)13)39(48)30(21-28)27-47-38-35(44(14,15)16)24-32(41(5,6)7)25-36(38)45(17,18)19;/h20-27,48H,1-19H3;/q;+1/p-1. The molecule has 0 aliphatic carbocycles. The first-order valence-corrected chi connectivity index (χ1v) is 17.7. The van der Waals surface area contributed by atoms with Gasteiger partial charge in [0.2, 0.25) is 0 Å². The number of aryl methyl sites for hydroxylation is 1. The Balaban J connectivity index is 0.00000833. The van der Waals surface area contributed by atoms with Crippen molar-refractivity contribution in [3.05, 3.63) is 86.5 Å². The average Bonchev–Trinajstić information content (AvgIpc) is 2.88. The largest absolute Gasteiger partial charge is 1.00 e. The summed E-state index contributed by atoms with van der Waals surface area (Å²) in [6, 6.07) is 13.2. The second-order valence-corrected chi connectivity index (χ2v) is 20.1. The van der Waals surface area contributed by atoms with E-state index in [0.29, 0.717) is 11.1 Å². The van der Waals surface area contributed by atoms with E-state index in [1.54, 1.807) is 12.4 Å². The minimum atomic E-state index is -0.128. The smallest absolute Gasteiger partial charge is 0.872 e. The van der Waals surface area contributed by atoms with Gasteiger partial charge < -0.3 is 5.11 Å². The molecule has 3 nitrogen and oxygen atoms in total. The van der Waals surface area contributed by atoms with Crippen LogP contribution in [-0.4, -0.2) is 12.4 Å². The number of aliphatic imine (C=N–C) groups is 2. The van der Waals surface area contributed by atoms with Crippen molar-refractivity contribution in [3.8, 4) is 5.75 Å². The molecule has 49 heavy (non-hydrogen) atoms. The quantitative estimate of drug-likeness (QED) is 0.201. The summed E-state index contributed by atoms with van der Waals surface area (Å²) in [4.78, 5) is 10.3. The fraction of sp³-hybridized carbons (Fsp3) is 0.556. The van der Waals surface area contributed by atoms with Gasteiger partial charge in [0.25, 0.3) is 0 Å². The molecule has 3 rings (SSSR count). The second-order valence-electron chi connectivity index (χ2n) is 20.1. The van der Waals surface area contributed by atoms with Gasteiger partial charge in [-0.05, 0) is 89.5 Å². The molecule has 0 N–H and O–H groups in total. The molecule has 0 aliphatic heterocycles. The maximum Gasteiger partial charge on any atom is 1.00 e. The number of nitrogens with zero attached hydrogens (tertiary/aromatic N) is 2. The molecule has 0 saturated heterocycles. The zero-order valence-electron chi connectivity index (χ0n) is 34.9. The van der Waals surface area contributed by atoms with Gasteiger partial charge >= 0.3 is 29.6 Å². The molecular formula is C45H65N2NaO. The van der Waals surface area contributed by atoms with Gasteiger partial charge in [-0.1, -0.05) is 167 Å². The summed E-state index contributed by atoms with van der Waals surface area (Å²) in [6.45, 7) is 42.5. The van der Waals surface area contributed by atoms with Crippen LogP contribution in [0.3, 0.4) is 0 Å². The SMILES string of the molecule is Cc1cc(C=Nc2c(C(C)(C)C)cc(C(C)(C)C)cc2C(C)(C)C)c([O-])c(C=Nc2c(C(C)(C)C)cc(C(C)(C)C)cc2C(C)(C)C)c1.[Na+]. The van der Waals surface area contributed by atoms with Crippen LogP contribution in [0.4, 0.5) is 11.4 Å². The molecule has 262 valence electrons. The van der Waals surface area contributed by atoms with Gasteiger partial charge in [0.05, 0.1) is 11.4 Å². The van der Waals surface area contributed by atoms with Crippen LogP contribution in [0, 0.1) is 6.92 Å². The van der Waals surface area contributed by atoms with Gasteiger partial charge in [-0.2, -0.15) is 0 Å². The Morgan fingerprint density at radius 2 is 0.673 bits per heavy atom. The van der Waals surface area contributed by atoms with E-state index in [1.807, 2.05) is 19.1 Å². The van der Waals surface area contributed by atoms with Crippen LogP contribution in [0.5, 0.6) is 5.75 Å². The number of hydrogen-bond donors (Lipinski definition) is 0. The molecule has 0 amide bonds. The van der Waals surface area contributed by atoms with Crippen LogP contribution in [-0.2, 0) is 32.5 Å². The van der Waals surface area contributed by atoms with Crippen LogP contribution in [0.15, 0.2) is 46.4 Å². The predicted octanol–water partition coefficient (Wildman–Crippen LogP) is 9.36. The number of benzene rings is 3. The average molecular weight is 673 g/mol. The molecule has 0 aromatic heterocycles. The van der Waals surface area contributed by atoms with E-state index in [-0.39, 0.29) is 67.8 Å². The molecule has 0 atom stereocenters. The van der Waals surface area contributed by atoms with Gasteiger partial charge in [-0.25, -0.2) is 0 Å². The summed E-state index contributed by atoms with van der Waals surface area (Å²) < 4.78 is 0. The first-order chi connectivity index (χ1) is 21.4. The molecule has 0 saturated carbocycles. The Morgan fingerprint density at radius 1 is 0.429 bits per heavy atom. The summed E-state index contributed by atoms with van der Waals surface area (Å²) in [5.41, 5.74) is 10.9. The van der Waals surface area contributed by atoms with E-state index in [0.717, 1.165) is 16.9 Å². The zero-order chi connectivity index (χ0) is 37.0. The molecule has 0 heterocycles. The monoisotopic (exact) mass is 672 g/mol. The Hall–Kier alpha value is -2.20. The van der Waals surface area contributed by atoms with Crippen molar-refractivity contribution in [2.75, 3.05) is 0 Å². The van der Waals surface area contributed by atoms with Crippen LogP contribution in [0.25, 0.3) is 0 Å². The summed E-state index contributed by atoms with van der Waals surface area (Å²) in [5, 5.41) is 14.1. The Bertz CT molecular complexity index is 1520. The second kappa shape index (κ2) is 14.4. The summed E-state index contributed by atoms with van der Waals surface area (Å²) in [5.74, 6) is -0.0602. The van der Waals surface area contributed by atoms with Gasteiger partial charge in [-0.3, -0.25) is 9.98 Å². The summed E-state index contributed by atoms with van der Waals surface area (Å²) >= 11 is 0. The van der Waals surface area contributed by atoms with Crippen LogP contribution >= 0.6 is 0 Å². The van der Waals surface area contributed by atoms with Crippen molar-refractivity contribution >= 4 is 23.8 Å². The van der Waals surface area contributed by atoms with Gasteiger partial charge in [0, 0.05) is 12.4 Å². The van der Waals surface area contributed by atoms with Crippen molar-refractivity contribution < 1.29 is 34.7 Å². The molecule has 0 fully saturated rings. The maximum absolute atomic E-state index is 14.1. The summed E-state index contributed by atoms with van der Waals surface area (Å²) in [6.07, 6.45) is 3.56. The van der Waals surface area contributed by atoms with Crippen LogP contribution in [0.1, 0.15) is 175 Å². The predicted molar refractivity (Wildman–Crippen MR) is 210 cm³/mol. The van der Waals surface area contributed by atoms with E-state index >= 15 is 0 Å². The molecular weight excluding hydrogens is 607 g/mol. The van der Waals surface area contributed by atoms with Gasteiger partial charge in [0.15, 0.2) is 0 Å². The minimum absolute atomic E-state index is 0. The zero-order valence-corrected chi connectivity index (χ0v) is 36.9. The molecule has 3 aromatic rings. The Morgan fingerprint density at radius 3 is 0.878 bits per heavy atom. The van der Waals surface area contributed by atoms with E-state index in [4.69, 9.17) is 9.98 Å². The van der Waals surface area contributed by atoms with Crippen molar-refractivity contribution in [1.29, 1.82) is 0 Å². The minimum Gasteiger partial charge on any atom is -0.872 e. The van der Waals surface area contributed by atoms with Gasteiger partial charge in [-0.15, -0.1) is 0 Å². The van der Waals surface area contributed by atoms with E-state index in [9.17, 15) is 5.11 Å². The Kier molecular flexibility index (Phi) is 12.7. The van der Waals surface area contributed by atoms with E-state index < -0.39 is 0 Å². The maximum atomic E-state index is 14.1. The van der Waals surface area contributed by atoms with Crippen LogP contribution in [0.2, 0.25) is 0 Å². The Labute approximate surface area is 322 Å². The topological polar surface area (TPSA) is 47.8 Å². The third-order valence-electron chi connectivity index (χ3n) is 9.14. The van der Waals surface area contributed by atoms with Crippen molar-refractivity contribution in [1.82, 2.24) is 0 Å². The third-order valence-corrected chi connectivity index (χ3v) is 9.14. The van der Waals surface area contributed by atoms with Crippen molar-refractivity contribution in [2.24, 2.45) is 9.98 Å². The van der Waals surface area contributed by atoms with E-state index in [2.05, 4.69) is 149 Å². The first-order valence-electron chi connectivity index (χ1n) is 17.7.